The van der Waals surface area contributed by atoms with Crippen molar-refractivity contribution in [3.8, 4) is 0 Å². The molecule has 2 N–H and O–H groups in total. The number of aryl methyl sites for hydroxylation is 1. The minimum absolute atomic E-state index is 0.00925. The number of anilines is 1. The van der Waals surface area contributed by atoms with Gasteiger partial charge < -0.3 is 10.4 Å². The lowest BCUT2D eigenvalue weighted by molar-refractivity contribution is 0.0698. The van der Waals surface area contributed by atoms with Crippen LogP contribution in [0.5, 0.6) is 0 Å². The summed E-state index contributed by atoms with van der Waals surface area (Å²) in [6.45, 7) is 1.72. The van der Waals surface area contributed by atoms with Crippen LogP contribution in [0.4, 0.5) is 10.1 Å². The van der Waals surface area contributed by atoms with E-state index in [1.54, 1.807) is 6.92 Å². The first-order valence-corrected chi connectivity index (χ1v) is 6.37. The number of carboxylic acids is 1. The number of halogens is 2. The predicted octanol–water partition coefficient (Wildman–Crippen LogP) is 3.74. The standard InChI is InChI=1S/C15H11ClFNO3/c1-8-5-6-11(17)9(7-8)14(19)18-12-4-2-3-10(16)13(12)15(20)21/h2-7H,1H3,(H,18,19)(H,20,21). The van der Waals surface area contributed by atoms with E-state index in [1.165, 1.54) is 36.4 Å². The topological polar surface area (TPSA) is 66.4 Å². The monoisotopic (exact) mass is 307 g/mol. The van der Waals surface area contributed by atoms with Crippen LogP contribution in [0.15, 0.2) is 36.4 Å². The summed E-state index contributed by atoms with van der Waals surface area (Å²) in [5.74, 6) is -2.70. The molecule has 0 aromatic heterocycles. The average Bonchev–Trinajstić information content (AvgIpc) is 2.41. The van der Waals surface area contributed by atoms with Crippen molar-refractivity contribution >= 4 is 29.2 Å². The van der Waals surface area contributed by atoms with Crippen molar-refractivity contribution in [2.45, 2.75) is 6.92 Å². The number of aromatic carboxylic acids is 1. The molecular formula is C15H11ClFNO3. The Balaban J connectivity index is 2.39. The zero-order chi connectivity index (χ0) is 15.6. The molecule has 0 radical (unpaired) electrons. The maximum Gasteiger partial charge on any atom is 0.339 e. The van der Waals surface area contributed by atoms with Gasteiger partial charge in [-0.15, -0.1) is 0 Å². The molecule has 0 saturated carbocycles. The summed E-state index contributed by atoms with van der Waals surface area (Å²) >= 11 is 5.80. The maximum absolute atomic E-state index is 13.7. The second-order valence-electron chi connectivity index (χ2n) is 4.40. The first-order chi connectivity index (χ1) is 9.90. The molecule has 0 aliphatic carbocycles. The SMILES string of the molecule is Cc1ccc(F)c(C(=O)Nc2cccc(Cl)c2C(=O)O)c1. The van der Waals surface area contributed by atoms with Crippen LogP contribution in [0.25, 0.3) is 0 Å². The van der Waals surface area contributed by atoms with Crippen molar-refractivity contribution < 1.29 is 19.1 Å². The lowest BCUT2D eigenvalue weighted by atomic mass is 10.1. The number of amides is 1. The Kier molecular flexibility index (Phi) is 4.23. The second-order valence-corrected chi connectivity index (χ2v) is 4.81. The molecule has 6 heteroatoms. The van der Waals surface area contributed by atoms with E-state index in [0.717, 1.165) is 0 Å². The normalized spacial score (nSPS) is 10.2. The van der Waals surface area contributed by atoms with E-state index in [2.05, 4.69) is 5.32 Å². The third-order valence-corrected chi connectivity index (χ3v) is 3.16. The number of benzene rings is 2. The van der Waals surface area contributed by atoms with Crippen molar-refractivity contribution in [3.63, 3.8) is 0 Å². The molecule has 0 heterocycles. The van der Waals surface area contributed by atoms with Crippen molar-refractivity contribution in [1.29, 1.82) is 0 Å². The van der Waals surface area contributed by atoms with Gasteiger partial charge in [-0.2, -0.15) is 0 Å². The Morgan fingerprint density at radius 1 is 1.24 bits per heavy atom. The van der Waals surface area contributed by atoms with Crippen LogP contribution in [-0.4, -0.2) is 17.0 Å². The first kappa shape index (κ1) is 15.0. The van der Waals surface area contributed by atoms with Crippen LogP contribution in [0, 0.1) is 12.7 Å². The molecule has 0 fully saturated rings. The molecule has 0 aliphatic rings. The van der Waals surface area contributed by atoms with E-state index >= 15 is 0 Å². The molecule has 0 atom stereocenters. The fraction of sp³-hybridized carbons (Fsp3) is 0.0667. The summed E-state index contributed by atoms with van der Waals surface area (Å²) in [4.78, 5) is 23.3. The molecule has 0 spiro atoms. The Hall–Kier alpha value is -2.40. The highest BCUT2D eigenvalue weighted by Gasteiger charge is 2.18. The minimum Gasteiger partial charge on any atom is -0.478 e. The van der Waals surface area contributed by atoms with Gasteiger partial charge in [0.25, 0.3) is 5.91 Å². The Bertz CT molecular complexity index is 731. The Morgan fingerprint density at radius 3 is 2.62 bits per heavy atom. The van der Waals surface area contributed by atoms with Gasteiger partial charge in [0, 0.05) is 0 Å². The average molecular weight is 308 g/mol. The lowest BCUT2D eigenvalue weighted by Gasteiger charge is -2.10. The lowest BCUT2D eigenvalue weighted by Crippen LogP contribution is -2.16. The van der Waals surface area contributed by atoms with Crippen molar-refractivity contribution in [3.05, 3.63) is 63.9 Å². The highest BCUT2D eigenvalue weighted by atomic mass is 35.5. The summed E-state index contributed by atoms with van der Waals surface area (Å²) in [6, 6.07) is 8.38. The molecule has 4 nitrogen and oxygen atoms in total. The maximum atomic E-state index is 13.7. The summed E-state index contributed by atoms with van der Waals surface area (Å²) in [5.41, 5.74) is 0.332. The van der Waals surface area contributed by atoms with Gasteiger partial charge in [-0.3, -0.25) is 4.79 Å². The Morgan fingerprint density at radius 2 is 1.95 bits per heavy atom. The van der Waals surface area contributed by atoms with Crippen molar-refractivity contribution in [2.75, 3.05) is 5.32 Å². The summed E-state index contributed by atoms with van der Waals surface area (Å²) < 4.78 is 13.7. The van der Waals surface area contributed by atoms with Gasteiger partial charge in [-0.05, 0) is 31.2 Å². The summed E-state index contributed by atoms with van der Waals surface area (Å²) in [7, 11) is 0. The van der Waals surface area contributed by atoms with Crippen LogP contribution < -0.4 is 5.32 Å². The third kappa shape index (κ3) is 3.20. The van der Waals surface area contributed by atoms with Crippen LogP contribution in [-0.2, 0) is 0 Å². The zero-order valence-electron chi connectivity index (χ0n) is 11.0. The molecule has 0 aliphatic heterocycles. The quantitative estimate of drug-likeness (QED) is 0.907. The number of hydrogen-bond acceptors (Lipinski definition) is 2. The van der Waals surface area contributed by atoms with Crippen molar-refractivity contribution in [1.82, 2.24) is 0 Å². The first-order valence-electron chi connectivity index (χ1n) is 5.99. The molecule has 1 amide bonds. The smallest absolute Gasteiger partial charge is 0.339 e. The molecule has 0 unspecified atom stereocenters. The number of carbonyl (C=O) groups excluding carboxylic acids is 1. The Labute approximate surface area is 125 Å². The fourth-order valence-corrected chi connectivity index (χ4v) is 2.10. The van der Waals surface area contributed by atoms with Crippen LogP contribution in [0.1, 0.15) is 26.3 Å². The van der Waals surface area contributed by atoms with Crippen molar-refractivity contribution in [2.24, 2.45) is 0 Å². The highest BCUT2D eigenvalue weighted by molar-refractivity contribution is 6.34. The van der Waals surface area contributed by atoms with Gasteiger partial charge in [-0.1, -0.05) is 29.3 Å². The molecule has 2 aromatic carbocycles. The van der Waals surface area contributed by atoms with Crippen LogP contribution in [0.3, 0.4) is 0 Å². The molecule has 0 saturated heterocycles. The van der Waals surface area contributed by atoms with Gasteiger partial charge >= 0.3 is 5.97 Å². The third-order valence-electron chi connectivity index (χ3n) is 2.84. The van der Waals surface area contributed by atoms with E-state index in [9.17, 15) is 14.0 Å². The summed E-state index contributed by atoms with van der Waals surface area (Å²) in [6.07, 6.45) is 0. The second kappa shape index (κ2) is 5.93. The van der Waals surface area contributed by atoms with Gasteiger partial charge in [0.15, 0.2) is 0 Å². The summed E-state index contributed by atoms with van der Waals surface area (Å²) in [5, 5.41) is 11.5. The number of hydrogen-bond donors (Lipinski definition) is 2. The molecular weight excluding hydrogens is 297 g/mol. The fourth-order valence-electron chi connectivity index (χ4n) is 1.85. The number of nitrogens with one attached hydrogen (secondary N) is 1. The molecule has 21 heavy (non-hydrogen) atoms. The van der Waals surface area contributed by atoms with E-state index in [-0.39, 0.29) is 21.8 Å². The zero-order valence-corrected chi connectivity index (χ0v) is 11.7. The van der Waals surface area contributed by atoms with Crippen LogP contribution >= 0.6 is 11.6 Å². The highest BCUT2D eigenvalue weighted by Crippen LogP contribution is 2.25. The van der Waals surface area contributed by atoms with E-state index in [0.29, 0.717) is 5.56 Å². The largest absolute Gasteiger partial charge is 0.478 e. The van der Waals surface area contributed by atoms with E-state index in [4.69, 9.17) is 16.7 Å². The number of rotatable bonds is 3. The minimum atomic E-state index is -1.28. The predicted molar refractivity (Wildman–Crippen MR) is 77.5 cm³/mol. The van der Waals surface area contributed by atoms with E-state index in [1.807, 2.05) is 0 Å². The van der Waals surface area contributed by atoms with E-state index < -0.39 is 17.7 Å². The molecule has 2 rings (SSSR count). The number of carboxylic acid groups (broad SMARTS) is 1. The molecule has 0 bridgehead atoms. The number of carbonyl (C=O) groups is 2. The van der Waals surface area contributed by atoms with Gasteiger partial charge in [0.2, 0.25) is 0 Å². The van der Waals surface area contributed by atoms with Gasteiger partial charge in [0.05, 0.1) is 16.3 Å². The van der Waals surface area contributed by atoms with Gasteiger partial charge in [-0.25, -0.2) is 9.18 Å². The molecule has 2 aromatic rings. The van der Waals surface area contributed by atoms with Gasteiger partial charge in [0.1, 0.15) is 11.4 Å². The molecule has 108 valence electrons. The van der Waals surface area contributed by atoms with Crippen LogP contribution in [0.2, 0.25) is 5.02 Å².